The first kappa shape index (κ1) is 56.5. The highest BCUT2D eigenvalue weighted by molar-refractivity contribution is 7.66. The standard InChI is InChI=1S/C48H59N10O17P3/c1-4-56-19-8-11-28-21-32-36(23-34(28)56)71-37-24-35-29(12-9-20-57(35)5-2)22-33(37)40(32)30-13-6-7-14-31(30)46(61)55(3)18-10-15-39(59)50-16-17-51-48(62)73-43-42(60)38(25-70-77(66,67)75-78(68,69)74-76(63,64)65)72-47(43)58-27-54-41-44(49)52-26-53-45(41)58/h6-7,13-14,21-24,26-27,38,42-43,47,60H,4-5,8-12,15-20,25H2,1-3H3,(H7-,49,50,51,52,53,59,62,63,64,65,66,67,68,69)/p+1/t38-,42-,43-,47-/m1/s1. The van der Waals surface area contributed by atoms with Crippen LogP contribution in [0.25, 0.3) is 16.7 Å². The lowest BCUT2D eigenvalue weighted by Crippen LogP contribution is -2.41. The first-order chi connectivity index (χ1) is 37.1. The Morgan fingerprint density at radius 1 is 0.923 bits per heavy atom. The summed E-state index contributed by atoms with van der Waals surface area (Å²) in [5.74, 6) is 0.873. The summed E-state index contributed by atoms with van der Waals surface area (Å²) in [6.07, 6.45) is -1.14. The van der Waals surface area contributed by atoms with E-state index in [-0.39, 0.29) is 54.9 Å². The molecule has 0 bridgehead atoms. The molecule has 418 valence electrons. The number of phosphoric acid groups is 3. The number of phosphoric ester groups is 1. The van der Waals surface area contributed by atoms with Gasteiger partial charge in [0.2, 0.25) is 11.3 Å². The van der Waals surface area contributed by atoms with E-state index in [1.807, 2.05) is 24.3 Å². The van der Waals surface area contributed by atoms with Gasteiger partial charge >= 0.3 is 29.6 Å². The molecule has 5 aromatic rings. The van der Waals surface area contributed by atoms with Crippen LogP contribution in [0, 0.1) is 0 Å². The van der Waals surface area contributed by atoms with Gasteiger partial charge in [-0.1, -0.05) is 18.2 Å². The van der Waals surface area contributed by atoms with Crippen molar-refractivity contribution in [3.63, 3.8) is 0 Å². The zero-order valence-corrected chi connectivity index (χ0v) is 45.4. The van der Waals surface area contributed by atoms with E-state index >= 15 is 0 Å². The molecule has 1 saturated heterocycles. The number of nitrogens with one attached hydrogen (secondary N) is 2. The molecule has 9 rings (SSSR count). The molecule has 2 unspecified atom stereocenters. The van der Waals surface area contributed by atoms with Crippen LogP contribution in [0.3, 0.4) is 0 Å². The molecule has 30 heteroatoms. The van der Waals surface area contributed by atoms with Crippen LogP contribution in [0.5, 0.6) is 11.5 Å². The number of aromatic nitrogens is 4. The number of hydrogen-bond acceptors (Lipinski definition) is 18. The monoisotopic (exact) mass is 1140 g/mol. The van der Waals surface area contributed by atoms with Crippen LogP contribution in [0.2, 0.25) is 0 Å². The van der Waals surface area contributed by atoms with Crippen molar-refractivity contribution < 1.29 is 80.1 Å². The van der Waals surface area contributed by atoms with E-state index in [2.05, 4.69) is 86.3 Å². The minimum Gasteiger partial charge on any atom is -0.456 e. The first-order valence-electron chi connectivity index (χ1n) is 25.1. The fourth-order valence-corrected chi connectivity index (χ4v) is 13.2. The summed E-state index contributed by atoms with van der Waals surface area (Å²) in [4.78, 5) is 93.9. The number of aliphatic hydroxyl groups excluding tert-OH is 1. The number of nitrogens with zero attached hydrogens (tertiary/aromatic N) is 7. The Morgan fingerprint density at radius 2 is 1.69 bits per heavy atom. The Labute approximate surface area is 446 Å². The number of rotatable bonds is 20. The number of anilines is 2. The molecule has 78 heavy (non-hydrogen) atoms. The van der Waals surface area contributed by atoms with Crippen molar-refractivity contribution >= 4 is 69.6 Å². The van der Waals surface area contributed by atoms with E-state index in [0.717, 1.165) is 91.6 Å². The molecule has 6 atom stereocenters. The average Bonchev–Trinajstić information content (AvgIpc) is 4.11. The highest BCUT2D eigenvalue weighted by atomic mass is 31.3. The van der Waals surface area contributed by atoms with E-state index in [9.17, 15) is 43.0 Å². The highest BCUT2D eigenvalue weighted by Gasteiger charge is 2.50. The molecule has 1 fully saturated rings. The maximum atomic E-state index is 14.5. The Balaban J connectivity index is 0.821. The Hall–Kier alpha value is -6.18. The second-order valence-corrected chi connectivity index (χ2v) is 23.3. The van der Waals surface area contributed by atoms with Gasteiger partial charge in [0, 0.05) is 91.8 Å². The van der Waals surface area contributed by atoms with Crippen molar-refractivity contribution in [1.82, 2.24) is 39.6 Å². The van der Waals surface area contributed by atoms with Crippen molar-refractivity contribution in [2.45, 2.75) is 76.9 Å². The summed E-state index contributed by atoms with van der Waals surface area (Å²) in [5, 5.41) is 18.5. The maximum Gasteiger partial charge on any atom is 0.490 e. The minimum atomic E-state index is -5.87. The maximum absolute atomic E-state index is 14.5. The lowest BCUT2D eigenvalue weighted by Gasteiger charge is -2.33. The third-order valence-corrected chi connectivity index (χ3v) is 17.5. The van der Waals surface area contributed by atoms with Gasteiger partial charge in [-0.25, -0.2) is 38.0 Å². The fourth-order valence-electron chi connectivity index (χ4n) is 10.2. The van der Waals surface area contributed by atoms with Gasteiger partial charge in [-0.3, -0.25) is 18.7 Å². The summed E-state index contributed by atoms with van der Waals surface area (Å²) in [7, 11) is -15.5. The van der Waals surface area contributed by atoms with E-state index in [0.29, 0.717) is 12.0 Å². The second kappa shape index (κ2) is 23.3. The number of aryl methyl sites for hydroxylation is 2. The number of carbonyl (C=O) groups excluding carboxylic acids is 3. The second-order valence-electron chi connectivity index (χ2n) is 18.8. The molecule has 0 spiro atoms. The van der Waals surface area contributed by atoms with Gasteiger partial charge in [0.1, 0.15) is 48.6 Å². The van der Waals surface area contributed by atoms with Gasteiger partial charge in [0.05, 0.1) is 19.0 Å². The SMILES string of the molecule is CCN1CCCc2cc3c(cc21)Oc1cc2c(cc1=C3c1ccccc1C(=O)N(C)CCCC(=O)NCCNC(=O)O[C@@H]1[C@H](O)[C@@H](COP(=O)(O)OP(=O)(O)OP(=O)(O)O)O[C@H]1n1cnc3c(N)ncnc31)CCC[N+]=2CC. The Kier molecular flexibility index (Phi) is 16.9. The average molecular weight is 1140 g/mol. The summed E-state index contributed by atoms with van der Waals surface area (Å²) < 4.78 is 69.2. The number of nitrogens with two attached hydrogens (primary N) is 1. The lowest BCUT2D eigenvalue weighted by molar-refractivity contribution is -0.121. The number of hydrogen-bond donors (Lipinski definition) is 8. The Bertz CT molecular complexity index is 3430. The van der Waals surface area contributed by atoms with Crippen LogP contribution in [0.15, 0.2) is 61.2 Å². The van der Waals surface area contributed by atoms with Crippen LogP contribution in [0.1, 0.15) is 78.4 Å². The van der Waals surface area contributed by atoms with Crippen LogP contribution in [0.4, 0.5) is 16.3 Å². The molecule has 4 aliphatic heterocycles. The summed E-state index contributed by atoms with van der Waals surface area (Å²) in [5.41, 5.74) is 12.9. The zero-order chi connectivity index (χ0) is 55.7. The molecular weight excluding hydrogens is 1080 g/mol. The quantitative estimate of drug-likeness (QED) is 0.0309. The number of ether oxygens (including phenoxy) is 3. The zero-order valence-electron chi connectivity index (χ0n) is 42.7. The van der Waals surface area contributed by atoms with Gasteiger partial charge in [-0.05, 0) is 68.9 Å². The number of carbonyl (C=O) groups is 3. The molecule has 0 aliphatic carbocycles. The van der Waals surface area contributed by atoms with Crippen molar-refractivity contribution in [1.29, 1.82) is 0 Å². The molecule has 0 radical (unpaired) electrons. The largest absolute Gasteiger partial charge is 0.490 e. The predicted octanol–water partition coefficient (Wildman–Crippen LogP) is 2.36. The van der Waals surface area contributed by atoms with Gasteiger partial charge in [0.25, 0.3) is 5.91 Å². The lowest BCUT2D eigenvalue weighted by atomic mass is 9.86. The molecule has 3 amide bonds. The third-order valence-electron chi connectivity index (χ3n) is 13.7. The fraction of sp³-hybridized carbons (Fsp3) is 0.438. The van der Waals surface area contributed by atoms with Crippen LogP contribution in [-0.4, -0.2) is 145 Å². The van der Waals surface area contributed by atoms with Gasteiger partial charge in [-0.2, -0.15) is 8.62 Å². The highest BCUT2D eigenvalue weighted by Crippen LogP contribution is 2.66. The van der Waals surface area contributed by atoms with Crippen molar-refractivity contribution in [3.05, 3.63) is 99.6 Å². The normalized spacial score (nSPS) is 20.3. The van der Waals surface area contributed by atoms with Gasteiger partial charge in [-0.15, -0.1) is 0 Å². The number of fused-ring (bicyclic) bond motifs is 5. The van der Waals surface area contributed by atoms with E-state index < -0.39 is 60.7 Å². The van der Waals surface area contributed by atoms with Crippen molar-refractivity contribution in [2.75, 3.05) is 70.1 Å². The van der Waals surface area contributed by atoms with E-state index in [4.69, 9.17) is 29.7 Å². The number of imidazole rings is 1. The van der Waals surface area contributed by atoms with Crippen molar-refractivity contribution in [2.24, 2.45) is 0 Å². The Morgan fingerprint density at radius 3 is 2.46 bits per heavy atom. The molecule has 0 saturated carbocycles. The minimum absolute atomic E-state index is 0.0357. The van der Waals surface area contributed by atoms with E-state index in [1.165, 1.54) is 33.1 Å². The van der Waals surface area contributed by atoms with Crippen LogP contribution >= 0.6 is 23.5 Å². The summed E-state index contributed by atoms with van der Waals surface area (Å²) in [6.45, 7) is 6.95. The molecule has 6 heterocycles. The molecule has 27 nitrogen and oxygen atoms in total. The van der Waals surface area contributed by atoms with Gasteiger partial charge in [0.15, 0.2) is 23.8 Å². The number of alkyl carbamates (subject to hydrolysis) is 1. The van der Waals surface area contributed by atoms with Crippen LogP contribution in [-0.2, 0) is 54.0 Å². The predicted molar refractivity (Wildman–Crippen MR) is 278 cm³/mol. The molecule has 4 aliphatic rings. The summed E-state index contributed by atoms with van der Waals surface area (Å²) >= 11 is 0. The van der Waals surface area contributed by atoms with E-state index in [1.54, 1.807) is 11.9 Å². The number of benzene rings is 3. The summed E-state index contributed by atoms with van der Waals surface area (Å²) in [6, 6.07) is 16.4. The molecule has 9 N–H and O–H groups in total. The molecule has 2 aromatic heterocycles. The topological polar surface area (TPSA) is 362 Å². The number of amides is 3. The first-order valence-corrected chi connectivity index (χ1v) is 29.7. The molecular formula is C48H60N10O17P3+. The molecule has 3 aromatic carbocycles. The smallest absolute Gasteiger partial charge is 0.456 e. The van der Waals surface area contributed by atoms with Crippen LogP contribution < -0.4 is 41.2 Å². The number of aliphatic hydroxyl groups is 1. The van der Waals surface area contributed by atoms with Crippen molar-refractivity contribution in [3.8, 4) is 11.5 Å². The van der Waals surface area contributed by atoms with Gasteiger partial charge < -0.3 is 65.1 Å². The number of nitrogen functional groups attached to an aromatic ring is 1. The third kappa shape index (κ3) is 12.5.